The van der Waals surface area contributed by atoms with Crippen LogP contribution in [0.3, 0.4) is 0 Å². The molecule has 2 amide bonds. The molecule has 1 aromatic carbocycles. The first-order chi connectivity index (χ1) is 14.5. The number of fused-ring (bicyclic) bond motifs is 5. The molecule has 3 N–H and O–H groups in total. The zero-order valence-electron chi connectivity index (χ0n) is 17.7. The van der Waals surface area contributed by atoms with Crippen molar-refractivity contribution in [3.63, 3.8) is 0 Å². The number of nitrogens with zero attached hydrogens (tertiary/aromatic N) is 2. The van der Waals surface area contributed by atoms with Crippen LogP contribution in [0, 0.1) is 23.7 Å². The van der Waals surface area contributed by atoms with Gasteiger partial charge in [-0.2, -0.15) is 0 Å². The molecule has 2 aliphatic carbocycles. The second-order valence-corrected chi connectivity index (χ2v) is 7.96. The molecule has 4 rings (SSSR count). The van der Waals surface area contributed by atoms with E-state index in [1.165, 1.54) is 12.0 Å². The second kappa shape index (κ2) is 9.88. The van der Waals surface area contributed by atoms with E-state index >= 15 is 0 Å². The summed E-state index contributed by atoms with van der Waals surface area (Å²) in [6.45, 7) is 3.78. The van der Waals surface area contributed by atoms with Crippen molar-refractivity contribution in [1.82, 2.24) is 15.5 Å². The molecule has 3 aliphatic rings. The normalized spacial score (nSPS) is 26.1. The number of aliphatic imine (C=N–C) groups is 1. The average Bonchev–Trinajstić information content (AvgIpc) is 3.41. The Bertz CT molecular complexity index is 873. The van der Waals surface area contributed by atoms with Crippen molar-refractivity contribution in [3.05, 3.63) is 35.9 Å². The number of ether oxygens (including phenoxy) is 1. The minimum Gasteiger partial charge on any atom is -0.504 e. The fourth-order valence-corrected chi connectivity index (χ4v) is 4.82. The highest BCUT2D eigenvalue weighted by Crippen LogP contribution is 2.52. The van der Waals surface area contributed by atoms with Gasteiger partial charge in [-0.15, -0.1) is 24.0 Å². The number of imide groups is 1. The highest BCUT2D eigenvalue weighted by molar-refractivity contribution is 14.0. The molecule has 1 heterocycles. The van der Waals surface area contributed by atoms with Gasteiger partial charge in [-0.3, -0.25) is 14.5 Å². The van der Waals surface area contributed by atoms with E-state index in [-0.39, 0.29) is 65.2 Å². The van der Waals surface area contributed by atoms with Crippen molar-refractivity contribution >= 4 is 41.8 Å². The van der Waals surface area contributed by atoms with Crippen LogP contribution in [0.5, 0.6) is 11.5 Å². The summed E-state index contributed by atoms with van der Waals surface area (Å²) in [6, 6.07) is 5.16. The fourth-order valence-electron chi connectivity index (χ4n) is 4.82. The van der Waals surface area contributed by atoms with Crippen LogP contribution < -0.4 is 15.4 Å². The zero-order chi connectivity index (χ0) is 21.3. The molecule has 2 bridgehead atoms. The number of rotatable bonds is 7. The van der Waals surface area contributed by atoms with E-state index in [1.54, 1.807) is 12.1 Å². The molecular formula is C22H29IN4O4. The number of hydrogen-bond acceptors (Lipinski definition) is 5. The number of allylic oxidation sites excluding steroid dienone is 2. The third-order valence-electron chi connectivity index (χ3n) is 6.20. The number of carbonyl (C=O) groups is 2. The van der Waals surface area contributed by atoms with E-state index in [9.17, 15) is 14.7 Å². The van der Waals surface area contributed by atoms with E-state index in [0.29, 0.717) is 37.9 Å². The summed E-state index contributed by atoms with van der Waals surface area (Å²) in [5, 5.41) is 16.2. The van der Waals surface area contributed by atoms with Crippen LogP contribution in [0.15, 0.2) is 35.3 Å². The van der Waals surface area contributed by atoms with Crippen LogP contribution in [-0.2, 0) is 16.1 Å². The first-order valence-corrected chi connectivity index (χ1v) is 10.4. The molecule has 9 heteroatoms. The summed E-state index contributed by atoms with van der Waals surface area (Å²) in [5.41, 5.74) is 0.839. The lowest BCUT2D eigenvalue weighted by Gasteiger charge is -2.18. The summed E-state index contributed by atoms with van der Waals surface area (Å²) in [6.07, 6.45) is 5.15. The molecule has 4 atom stereocenters. The highest BCUT2D eigenvalue weighted by atomic mass is 127. The predicted octanol–water partition coefficient (Wildman–Crippen LogP) is 1.88. The highest BCUT2D eigenvalue weighted by Gasteiger charge is 2.58. The second-order valence-electron chi connectivity index (χ2n) is 7.96. The van der Waals surface area contributed by atoms with E-state index < -0.39 is 0 Å². The van der Waals surface area contributed by atoms with Crippen molar-refractivity contribution in [2.24, 2.45) is 28.7 Å². The Hall–Kier alpha value is -2.30. The van der Waals surface area contributed by atoms with Gasteiger partial charge in [0, 0.05) is 19.6 Å². The largest absolute Gasteiger partial charge is 0.504 e. The van der Waals surface area contributed by atoms with E-state index in [4.69, 9.17) is 4.74 Å². The van der Waals surface area contributed by atoms with Crippen LogP contribution in [0.25, 0.3) is 0 Å². The Balaban J connectivity index is 0.00000272. The lowest BCUT2D eigenvalue weighted by Crippen LogP contribution is -2.43. The topological polar surface area (TPSA) is 103 Å². The molecular weight excluding hydrogens is 511 g/mol. The van der Waals surface area contributed by atoms with Gasteiger partial charge in [0.05, 0.1) is 25.5 Å². The number of phenols is 1. The van der Waals surface area contributed by atoms with Gasteiger partial charge in [0.15, 0.2) is 17.5 Å². The third-order valence-corrected chi connectivity index (χ3v) is 6.20. The first-order valence-electron chi connectivity index (χ1n) is 10.4. The zero-order valence-corrected chi connectivity index (χ0v) is 20.0. The smallest absolute Gasteiger partial charge is 0.233 e. The number of hydrogen-bond donors (Lipinski definition) is 3. The van der Waals surface area contributed by atoms with Gasteiger partial charge in [-0.25, -0.2) is 4.99 Å². The van der Waals surface area contributed by atoms with Crippen molar-refractivity contribution in [2.75, 3.05) is 26.7 Å². The molecule has 2 fully saturated rings. The molecule has 8 nitrogen and oxygen atoms in total. The molecule has 168 valence electrons. The number of carbonyl (C=O) groups excluding carboxylic acids is 2. The number of aromatic hydroxyl groups is 1. The Morgan fingerprint density at radius 1 is 1.19 bits per heavy atom. The summed E-state index contributed by atoms with van der Waals surface area (Å²) >= 11 is 0. The number of halogens is 1. The standard InChI is InChI=1S/C22H28N4O4.HI/c1-3-23-22(25-12-13-4-7-17(30-2)16(27)10-13)24-8-9-26-20(28)18-14-5-6-15(11-14)19(18)21(26)29;/h4-7,10,14-15,18-19,27H,3,8-9,11-12H2,1-2H3,(H2,23,24,25);1H. The number of phenolic OH excluding ortho intramolecular Hbond substituents is 1. The first kappa shape index (κ1) is 23.4. The Morgan fingerprint density at radius 2 is 1.87 bits per heavy atom. The van der Waals surface area contributed by atoms with Crippen LogP contribution in [0.1, 0.15) is 18.9 Å². The fraction of sp³-hybridized carbons (Fsp3) is 0.500. The minimum absolute atomic E-state index is 0. The van der Waals surface area contributed by atoms with E-state index in [2.05, 4.69) is 27.8 Å². The molecule has 31 heavy (non-hydrogen) atoms. The molecule has 1 aliphatic heterocycles. The molecule has 0 radical (unpaired) electrons. The van der Waals surface area contributed by atoms with Gasteiger partial charge < -0.3 is 20.5 Å². The Morgan fingerprint density at radius 3 is 2.45 bits per heavy atom. The number of methoxy groups -OCH3 is 1. The summed E-state index contributed by atoms with van der Waals surface area (Å²) < 4.78 is 5.05. The van der Waals surface area contributed by atoms with Gasteiger partial charge >= 0.3 is 0 Å². The average molecular weight is 540 g/mol. The number of nitrogens with one attached hydrogen (secondary N) is 2. The predicted molar refractivity (Wildman–Crippen MR) is 127 cm³/mol. The summed E-state index contributed by atoms with van der Waals surface area (Å²) in [4.78, 5) is 31.4. The van der Waals surface area contributed by atoms with E-state index in [0.717, 1.165) is 12.0 Å². The van der Waals surface area contributed by atoms with E-state index in [1.807, 2.05) is 13.0 Å². The maximum Gasteiger partial charge on any atom is 0.233 e. The van der Waals surface area contributed by atoms with Gasteiger partial charge in [0.25, 0.3) is 0 Å². The number of likely N-dealkylation sites (tertiary alicyclic amines) is 1. The SMILES string of the molecule is CCNC(=NCc1ccc(OC)c(O)c1)NCCN1C(=O)C2C3C=CC(C3)C2C1=O.I. The maximum atomic E-state index is 12.7. The number of guanidine groups is 1. The molecule has 1 aromatic rings. The Labute approximate surface area is 199 Å². The Kier molecular flexibility index (Phi) is 7.45. The summed E-state index contributed by atoms with van der Waals surface area (Å²) in [5.74, 6) is 1.18. The monoisotopic (exact) mass is 540 g/mol. The van der Waals surface area contributed by atoms with Crippen LogP contribution in [0.2, 0.25) is 0 Å². The lowest BCUT2D eigenvalue weighted by molar-refractivity contribution is -0.140. The maximum absolute atomic E-state index is 12.7. The molecule has 0 spiro atoms. The van der Waals surface area contributed by atoms with Gasteiger partial charge in [-0.05, 0) is 42.9 Å². The molecule has 0 aromatic heterocycles. The van der Waals surface area contributed by atoms with Crippen LogP contribution in [0.4, 0.5) is 0 Å². The number of benzene rings is 1. The van der Waals surface area contributed by atoms with Crippen molar-refractivity contribution < 1.29 is 19.4 Å². The van der Waals surface area contributed by atoms with Gasteiger partial charge in [0.1, 0.15) is 0 Å². The van der Waals surface area contributed by atoms with Crippen molar-refractivity contribution in [2.45, 2.75) is 19.9 Å². The number of amides is 2. The third kappa shape index (κ3) is 4.51. The minimum atomic E-state index is -0.155. The lowest BCUT2D eigenvalue weighted by atomic mass is 9.85. The van der Waals surface area contributed by atoms with Crippen LogP contribution >= 0.6 is 24.0 Å². The quantitative estimate of drug-likeness (QED) is 0.161. The van der Waals surface area contributed by atoms with Crippen molar-refractivity contribution in [3.8, 4) is 11.5 Å². The van der Waals surface area contributed by atoms with Gasteiger partial charge in [0.2, 0.25) is 11.8 Å². The molecule has 1 saturated carbocycles. The molecule has 1 saturated heterocycles. The summed E-state index contributed by atoms with van der Waals surface area (Å²) in [7, 11) is 1.50. The molecule has 4 unspecified atom stereocenters. The van der Waals surface area contributed by atoms with Crippen LogP contribution in [-0.4, -0.2) is 54.5 Å². The van der Waals surface area contributed by atoms with Gasteiger partial charge in [-0.1, -0.05) is 18.2 Å². The van der Waals surface area contributed by atoms with Crippen molar-refractivity contribution in [1.29, 1.82) is 0 Å².